The van der Waals surface area contributed by atoms with E-state index in [0.717, 1.165) is 55.1 Å². The summed E-state index contributed by atoms with van der Waals surface area (Å²) in [5, 5.41) is 5.31. The molecule has 6 nitrogen and oxygen atoms in total. The van der Waals surface area contributed by atoms with Gasteiger partial charge in [-0.1, -0.05) is 24.9 Å². The maximum atomic E-state index is 12.8. The van der Waals surface area contributed by atoms with E-state index in [4.69, 9.17) is 16.3 Å². The van der Waals surface area contributed by atoms with E-state index in [1.54, 1.807) is 30.5 Å². The summed E-state index contributed by atoms with van der Waals surface area (Å²) in [4.78, 5) is 4.66. The summed E-state index contributed by atoms with van der Waals surface area (Å²) in [7, 11) is -3.56. The summed E-state index contributed by atoms with van der Waals surface area (Å²) in [5.41, 5.74) is 1.89. The van der Waals surface area contributed by atoms with E-state index in [-0.39, 0.29) is 17.0 Å². The fourth-order valence-corrected chi connectivity index (χ4v) is 5.63. The summed E-state index contributed by atoms with van der Waals surface area (Å²) in [6, 6.07) is 14.6. The van der Waals surface area contributed by atoms with Crippen LogP contribution in [0, 0.1) is 0 Å². The van der Waals surface area contributed by atoms with Crippen LogP contribution in [-0.4, -0.2) is 32.1 Å². The second kappa shape index (κ2) is 10.7. The van der Waals surface area contributed by atoms with E-state index in [2.05, 4.69) is 21.9 Å². The van der Waals surface area contributed by atoms with E-state index in [9.17, 15) is 8.42 Å². The fourth-order valence-electron chi connectivity index (χ4n) is 4.16. The Morgan fingerprint density at radius 1 is 1.03 bits per heavy atom. The number of benzene rings is 2. The van der Waals surface area contributed by atoms with Gasteiger partial charge < -0.3 is 10.1 Å². The first-order valence-electron chi connectivity index (χ1n) is 11.5. The Hall–Kier alpha value is -2.35. The van der Waals surface area contributed by atoms with Crippen LogP contribution in [0.25, 0.3) is 10.9 Å². The number of anilines is 1. The molecule has 1 saturated carbocycles. The van der Waals surface area contributed by atoms with Crippen LogP contribution >= 0.6 is 11.6 Å². The Morgan fingerprint density at radius 3 is 2.48 bits per heavy atom. The molecule has 0 spiro atoms. The van der Waals surface area contributed by atoms with Crippen LogP contribution in [0.5, 0.6) is 5.75 Å². The number of fused-ring (bicyclic) bond motifs is 1. The van der Waals surface area contributed by atoms with Crippen molar-refractivity contribution in [2.24, 2.45) is 0 Å². The lowest BCUT2D eigenvalue weighted by atomic mass is 9.91. The highest BCUT2D eigenvalue weighted by Gasteiger charge is 2.26. The number of nitrogens with one attached hydrogen (secondary N) is 2. The molecule has 0 atom stereocenters. The maximum absolute atomic E-state index is 12.8. The lowest BCUT2D eigenvalue weighted by Crippen LogP contribution is -2.40. The zero-order chi connectivity index (χ0) is 23.3. The Balaban J connectivity index is 1.32. The van der Waals surface area contributed by atoms with Crippen LogP contribution in [-0.2, 0) is 10.0 Å². The van der Waals surface area contributed by atoms with Gasteiger partial charge in [-0.3, -0.25) is 4.98 Å². The van der Waals surface area contributed by atoms with Crippen molar-refractivity contribution in [1.82, 2.24) is 9.71 Å². The molecule has 0 radical (unpaired) electrons. The van der Waals surface area contributed by atoms with E-state index >= 15 is 0 Å². The Morgan fingerprint density at radius 2 is 1.76 bits per heavy atom. The molecule has 1 heterocycles. The van der Waals surface area contributed by atoms with Gasteiger partial charge in [0.1, 0.15) is 5.75 Å². The smallest absolute Gasteiger partial charge is 0.240 e. The van der Waals surface area contributed by atoms with E-state index in [1.807, 2.05) is 24.3 Å². The molecule has 0 bridgehead atoms. The number of ether oxygens (including phenoxy) is 1. The predicted octanol–water partition coefficient (Wildman–Crippen LogP) is 5.77. The SMILES string of the molecule is CCCCOc1ccc(S(=O)(=O)N[C@H]2CC[C@@H](Nc3ccnc4cc(Cl)ccc34)CC2)cc1. The number of hydrogen-bond acceptors (Lipinski definition) is 5. The van der Waals surface area contributed by atoms with Crippen molar-refractivity contribution in [3.05, 3.63) is 59.8 Å². The molecule has 3 aromatic rings. The third-order valence-corrected chi connectivity index (χ3v) is 7.79. The van der Waals surface area contributed by atoms with Crippen LogP contribution in [0.2, 0.25) is 5.02 Å². The molecular weight excluding hydrogens is 458 g/mol. The zero-order valence-corrected chi connectivity index (χ0v) is 20.3. The first-order valence-corrected chi connectivity index (χ1v) is 13.4. The van der Waals surface area contributed by atoms with Gasteiger partial charge in [0.25, 0.3) is 0 Å². The van der Waals surface area contributed by atoms with Crippen molar-refractivity contribution in [3.63, 3.8) is 0 Å². The molecule has 2 N–H and O–H groups in total. The van der Waals surface area contributed by atoms with Gasteiger partial charge >= 0.3 is 0 Å². The highest BCUT2D eigenvalue weighted by atomic mass is 35.5. The molecule has 8 heteroatoms. The summed E-state index contributed by atoms with van der Waals surface area (Å²) in [6.45, 7) is 2.74. The van der Waals surface area contributed by atoms with Crippen molar-refractivity contribution in [2.75, 3.05) is 11.9 Å². The molecule has 1 aromatic heterocycles. The van der Waals surface area contributed by atoms with Gasteiger partial charge in [0.15, 0.2) is 0 Å². The quantitative estimate of drug-likeness (QED) is 0.374. The lowest BCUT2D eigenvalue weighted by Gasteiger charge is -2.30. The van der Waals surface area contributed by atoms with E-state index in [1.165, 1.54) is 0 Å². The number of unbranched alkanes of at least 4 members (excludes halogenated alkanes) is 1. The molecule has 2 aromatic carbocycles. The second-order valence-electron chi connectivity index (χ2n) is 8.51. The molecule has 1 aliphatic carbocycles. The van der Waals surface area contributed by atoms with Gasteiger partial charge in [-0.2, -0.15) is 0 Å². The average molecular weight is 488 g/mol. The van der Waals surface area contributed by atoms with Crippen molar-refractivity contribution in [3.8, 4) is 5.75 Å². The number of hydrogen-bond donors (Lipinski definition) is 2. The average Bonchev–Trinajstić information content (AvgIpc) is 2.81. The number of halogens is 1. The monoisotopic (exact) mass is 487 g/mol. The van der Waals surface area contributed by atoms with Crippen molar-refractivity contribution < 1.29 is 13.2 Å². The minimum Gasteiger partial charge on any atom is -0.494 e. The number of aromatic nitrogens is 1. The number of nitrogens with zero attached hydrogens (tertiary/aromatic N) is 1. The minimum absolute atomic E-state index is 0.0680. The highest BCUT2D eigenvalue weighted by Crippen LogP contribution is 2.29. The van der Waals surface area contributed by atoms with Gasteiger partial charge in [-0.15, -0.1) is 0 Å². The van der Waals surface area contributed by atoms with Crippen molar-refractivity contribution >= 4 is 38.2 Å². The highest BCUT2D eigenvalue weighted by molar-refractivity contribution is 7.89. The number of sulfonamides is 1. The third-order valence-electron chi connectivity index (χ3n) is 6.01. The number of pyridine rings is 1. The Kier molecular flexibility index (Phi) is 7.73. The standard InChI is InChI=1S/C25H30ClN3O3S/c1-2-3-16-32-21-9-11-22(12-10-21)33(30,31)29-20-7-5-19(6-8-20)28-24-14-15-27-25-17-18(26)4-13-23(24)25/h4,9-15,17,19-20,29H,2-3,5-8,16H2,1H3,(H,27,28)/t19-,20+. The van der Waals surface area contributed by atoms with Crippen LogP contribution < -0.4 is 14.8 Å². The first kappa shape index (κ1) is 23.8. The van der Waals surface area contributed by atoms with Crippen LogP contribution in [0.1, 0.15) is 45.4 Å². The second-order valence-corrected chi connectivity index (χ2v) is 10.7. The maximum Gasteiger partial charge on any atom is 0.240 e. The van der Waals surface area contributed by atoms with Gasteiger partial charge in [0, 0.05) is 34.4 Å². The molecule has 4 rings (SSSR count). The summed E-state index contributed by atoms with van der Waals surface area (Å²) >= 11 is 6.09. The summed E-state index contributed by atoms with van der Waals surface area (Å²) in [6.07, 6.45) is 7.14. The van der Waals surface area contributed by atoms with Crippen LogP contribution in [0.15, 0.2) is 59.6 Å². The van der Waals surface area contributed by atoms with Gasteiger partial charge in [0.05, 0.1) is 17.0 Å². The Bertz CT molecular complexity index is 1180. The number of rotatable bonds is 9. The lowest BCUT2D eigenvalue weighted by molar-refractivity contribution is 0.309. The molecule has 176 valence electrons. The van der Waals surface area contributed by atoms with Crippen molar-refractivity contribution in [2.45, 2.75) is 62.4 Å². The molecular formula is C25H30ClN3O3S. The summed E-state index contributed by atoms with van der Waals surface area (Å²) < 4.78 is 34.2. The predicted molar refractivity (Wildman–Crippen MR) is 134 cm³/mol. The van der Waals surface area contributed by atoms with Crippen LogP contribution in [0.4, 0.5) is 5.69 Å². The van der Waals surface area contributed by atoms with E-state index < -0.39 is 10.0 Å². The summed E-state index contributed by atoms with van der Waals surface area (Å²) in [5.74, 6) is 0.694. The fraction of sp³-hybridized carbons (Fsp3) is 0.400. The van der Waals surface area contributed by atoms with Crippen molar-refractivity contribution in [1.29, 1.82) is 0 Å². The third kappa shape index (κ3) is 6.16. The first-order chi connectivity index (χ1) is 15.9. The largest absolute Gasteiger partial charge is 0.494 e. The van der Waals surface area contributed by atoms with Gasteiger partial charge in [-0.25, -0.2) is 13.1 Å². The Labute approximate surface area is 200 Å². The normalized spacial score (nSPS) is 18.8. The zero-order valence-electron chi connectivity index (χ0n) is 18.8. The molecule has 0 unspecified atom stereocenters. The molecule has 33 heavy (non-hydrogen) atoms. The molecule has 0 saturated heterocycles. The van der Waals surface area contributed by atoms with Crippen LogP contribution in [0.3, 0.4) is 0 Å². The topological polar surface area (TPSA) is 80.3 Å². The van der Waals surface area contributed by atoms with E-state index in [0.29, 0.717) is 17.4 Å². The molecule has 0 aliphatic heterocycles. The minimum atomic E-state index is -3.56. The van der Waals surface area contributed by atoms with Gasteiger partial charge in [-0.05, 0) is 80.6 Å². The molecule has 1 fully saturated rings. The molecule has 1 aliphatic rings. The van der Waals surface area contributed by atoms with Gasteiger partial charge in [0.2, 0.25) is 10.0 Å². The molecule has 0 amide bonds.